The molecular weight excluding hydrogens is 612 g/mol. The largest absolute Gasteiger partial charge is 0.465 e. The summed E-state index contributed by atoms with van der Waals surface area (Å²) in [6.07, 6.45) is -1.98. The summed E-state index contributed by atoms with van der Waals surface area (Å²) in [7, 11) is -3.27. The fraction of sp³-hybridized carbons (Fsp3) is 0.536. The minimum absolute atomic E-state index is 0.0665. The van der Waals surface area contributed by atoms with Crippen molar-refractivity contribution in [1.29, 1.82) is 0 Å². The molecule has 0 spiro atoms. The number of hydrogen-bond donors (Lipinski definition) is 5. The van der Waals surface area contributed by atoms with E-state index in [-0.39, 0.29) is 28.2 Å². The molecule has 14 nitrogen and oxygen atoms in total. The van der Waals surface area contributed by atoms with E-state index < -0.39 is 45.3 Å². The van der Waals surface area contributed by atoms with Crippen molar-refractivity contribution in [3.63, 3.8) is 0 Å². The first-order valence-corrected chi connectivity index (χ1v) is 16.6. The molecule has 244 valence electrons. The zero-order chi connectivity index (χ0) is 33.6. The molecule has 0 aliphatic rings. The van der Waals surface area contributed by atoms with E-state index in [9.17, 15) is 37.8 Å². The van der Waals surface area contributed by atoms with Gasteiger partial charge in [0.25, 0.3) is 5.91 Å². The van der Waals surface area contributed by atoms with Crippen molar-refractivity contribution in [2.24, 2.45) is 0 Å². The number of thiazole rings is 1. The van der Waals surface area contributed by atoms with Gasteiger partial charge < -0.3 is 26.2 Å². The lowest BCUT2D eigenvalue weighted by Crippen LogP contribution is -2.66. The maximum atomic E-state index is 12.8. The fourth-order valence-electron chi connectivity index (χ4n) is 4.27. The van der Waals surface area contributed by atoms with Crippen LogP contribution in [0.25, 0.3) is 0 Å². The Morgan fingerprint density at radius 2 is 1.45 bits per heavy atom. The molecule has 1 aromatic heterocycles. The Morgan fingerprint density at radius 1 is 0.932 bits per heavy atom. The van der Waals surface area contributed by atoms with E-state index in [2.05, 4.69) is 20.9 Å². The van der Waals surface area contributed by atoms with Crippen LogP contribution in [0.4, 0.5) is 20.4 Å². The number of sulfone groups is 1. The first-order valence-electron chi connectivity index (χ1n) is 13.7. The van der Waals surface area contributed by atoms with Crippen LogP contribution in [0, 0.1) is 0 Å². The van der Waals surface area contributed by atoms with E-state index in [1.807, 2.05) is 0 Å². The van der Waals surface area contributed by atoms with Gasteiger partial charge in [-0.2, -0.15) is 0 Å². The monoisotopic (exact) mass is 654 g/mol. The Morgan fingerprint density at radius 3 is 1.89 bits per heavy atom. The second-order valence-electron chi connectivity index (χ2n) is 12.2. The van der Waals surface area contributed by atoms with Crippen LogP contribution in [0.15, 0.2) is 24.3 Å². The summed E-state index contributed by atoms with van der Waals surface area (Å²) in [6.45, 7) is 11.3. The maximum Gasteiger partial charge on any atom is 0.410 e. The lowest BCUT2D eigenvalue weighted by Gasteiger charge is -2.48. The van der Waals surface area contributed by atoms with Gasteiger partial charge in [0, 0.05) is 36.5 Å². The molecule has 0 aliphatic heterocycles. The molecule has 0 saturated heterocycles. The Hall–Kier alpha value is -3.92. The number of nitrogens with one attached hydrogen (secondary N) is 3. The van der Waals surface area contributed by atoms with Crippen molar-refractivity contribution in [3.8, 4) is 0 Å². The fourth-order valence-corrected chi connectivity index (χ4v) is 5.72. The lowest BCUT2D eigenvalue weighted by molar-refractivity contribution is -0.114. The topological polar surface area (TPSA) is 198 Å². The van der Waals surface area contributed by atoms with E-state index in [1.165, 1.54) is 6.92 Å². The van der Waals surface area contributed by atoms with Crippen LogP contribution in [-0.2, 0) is 27.5 Å². The molecule has 4 amide bonds. The van der Waals surface area contributed by atoms with Gasteiger partial charge in [-0.3, -0.25) is 19.4 Å². The van der Waals surface area contributed by atoms with Crippen molar-refractivity contribution >= 4 is 56.0 Å². The summed E-state index contributed by atoms with van der Waals surface area (Å²) in [6, 6.07) is 6.99. The number of carbonyl (C=O) groups is 4. The van der Waals surface area contributed by atoms with Gasteiger partial charge in [-0.25, -0.2) is 23.0 Å². The van der Waals surface area contributed by atoms with Crippen LogP contribution in [0.2, 0.25) is 0 Å². The van der Waals surface area contributed by atoms with Gasteiger partial charge in [0.15, 0.2) is 11.4 Å². The number of anilines is 2. The van der Waals surface area contributed by atoms with Crippen LogP contribution in [-0.4, -0.2) is 93.3 Å². The molecule has 0 saturated carbocycles. The van der Waals surface area contributed by atoms with Crippen molar-refractivity contribution < 1.29 is 37.8 Å². The number of carboxylic acid groups (broad SMARTS) is 2. The van der Waals surface area contributed by atoms with Gasteiger partial charge in [0.1, 0.15) is 14.7 Å². The summed E-state index contributed by atoms with van der Waals surface area (Å²) >= 11 is 0.992. The van der Waals surface area contributed by atoms with E-state index in [0.717, 1.165) is 33.0 Å². The molecule has 44 heavy (non-hydrogen) atoms. The number of amides is 4. The number of rotatable bonds is 12. The first-order chi connectivity index (χ1) is 20.1. The highest BCUT2D eigenvalue weighted by Gasteiger charge is 2.43. The number of carbonyl (C=O) groups excluding carboxylic acids is 2. The Balaban J connectivity index is 2.30. The summed E-state index contributed by atoms with van der Waals surface area (Å²) in [5.74, 6) is -1.06. The van der Waals surface area contributed by atoms with Crippen molar-refractivity contribution in [3.05, 3.63) is 40.4 Å². The highest BCUT2D eigenvalue weighted by Crippen LogP contribution is 2.28. The van der Waals surface area contributed by atoms with Crippen LogP contribution in [0.1, 0.15) is 69.4 Å². The summed E-state index contributed by atoms with van der Waals surface area (Å²) in [5.41, 5.74) is -0.122. The minimum Gasteiger partial charge on any atom is -0.465 e. The van der Waals surface area contributed by atoms with E-state index in [1.54, 1.807) is 65.8 Å². The van der Waals surface area contributed by atoms with Crippen molar-refractivity contribution in [2.75, 3.05) is 29.2 Å². The molecule has 5 N–H and O–H groups in total. The molecule has 1 aromatic carbocycles. The SMILES string of the molecule is CC(=O)Nc1nc(CCc2ccc(NC(N(C(=O)O)C(C)(C)C)N(C(=O)O)C(C)(C)C)cc2)c(C(=O)NCCS(C)(=O)=O)s1. The zero-order valence-corrected chi connectivity index (χ0v) is 27.9. The number of aromatic nitrogens is 1. The average molecular weight is 655 g/mol. The Kier molecular flexibility index (Phi) is 11.7. The van der Waals surface area contributed by atoms with Gasteiger partial charge in [-0.05, 0) is 72.1 Å². The highest BCUT2D eigenvalue weighted by atomic mass is 32.2. The Labute approximate surface area is 261 Å². The van der Waals surface area contributed by atoms with E-state index in [4.69, 9.17) is 0 Å². The molecule has 0 unspecified atom stereocenters. The smallest absolute Gasteiger partial charge is 0.410 e. The first kappa shape index (κ1) is 36.3. The third kappa shape index (κ3) is 10.7. The number of benzene rings is 1. The molecule has 0 atom stereocenters. The second-order valence-corrected chi connectivity index (χ2v) is 15.5. The second kappa shape index (κ2) is 14.2. The third-order valence-electron chi connectivity index (χ3n) is 6.19. The molecule has 0 radical (unpaired) electrons. The van der Waals surface area contributed by atoms with Gasteiger partial charge >= 0.3 is 12.2 Å². The van der Waals surface area contributed by atoms with Crippen molar-refractivity contribution in [2.45, 2.75) is 78.7 Å². The van der Waals surface area contributed by atoms with Crippen molar-refractivity contribution in [1.82, 2.24) is 20.1 Å². The third-order valence-corrected chi connectivity index (χ3v) is 8.15. The quantitative estimate of drug-likeness (QED) is 0.209. The normalized spacial score (nSPS) is 12.0. The van der Waals surface area contributed by atoms with Gasteiger partial charge in [-0.1, -0.05) is 23.5 Å². The summed E-state index contributed by atoms with van der Waals surface area (Å²) < 4.78 is 22.9. The van der Waals surface area contributed by atoms with Crippen LogP contribution in [0.3, 0.4) is 0 Å². The summed E-state index contributed by atoms with van der Waals surface area (Å²) in [4.78, 5) is 55.8. The van der Waals surface area contributed by atoms with Crippen LogP contribution < -0.4 is 16.0 Å². The lowest BCUT2D eigenvalue weighted by atomic mass is 10.0. The number of hydrogen-bond acceptors (Lipinski definition) is 9. The summed E-state index contributed by atoms with van der Waals surface area (Å²) in [5, 5.41) is 28.6. The highest BCUT2D eigenvalue weighted by molar-refractivity contribution is 7.90. The van der Waals surface area contributed by atoms with Crippen LogP contribution >= 0.6 is 11.3 Å². The maximum absolute atomic E-state index is 12.8. The zero-order valence-electron chi connectivity index (χ0n) is 26.2. The predicted octanol–water partition coefficient (Wildman–Crippen LogP) is 3.91. The molecule has 0 bridgehead atoms. The molecule has 0 aliphatic carbocycles. The number of aryl methyl sites for hydroxylation is 2. The van der Waals surface area contributed by atoms with Gasteiger partial charge in [-0.15, -0.1) is 0 Å². The average Bonchev–Trinajstić information content (AvgIpc) is 3.22. The van der Waals surface area contributed by atoms with E-state index >= 15 is 0 Å². The minimum atomic E-state index is -3.27. The molecule has 2 rings (SSSR count). The molecular formula is C28H42N6O8S2. The number of nitrogens with zero attached hydrogens (tertiary/aromatic N) is 3. The molecule has 2 aromatic rings. The van der Waals surface area contributed by atoms with Gasteiger partial charge in [0.05, 0.1) is 11.4 Å². The molecule has 0 fully saturated rings. The molecule has 16 heteroatoms. The molecule has 1 heterocycles. The predicted molar refractivity (Wildman–Crippen MR) is 169 cm³/mol. The van der Waals surface area contributed by atoms with Crippen LogP contribution in [0.5, 0.6) is 0 Å². The standard InChI is InChI=1S/C28H42N6O8S2/c1-17(35)30-23-32-20(21(43-23)22(36)29-15-16-44(8,41)42)14-11-18-9-12-19(13-10-18)31-24(33(25(37)38)27(2,3)4)34(26(39)40)28(5,6)7/h9-10,12-13,24,31H,11,14-16H2,1-8H3,(H,29,36)(H,37,38)(H,39,40)(H,30,32,35). The van der Waals surface area contributed by atoms with Gasteiger partial charge in [0.2, 0.25) is 5.91 Å². The Bertz CT molecular complexity index is 1430. The van der Waals surface area contributed by atoms with E-state index in [0.29, 0.717) is 24.2 Å².